The molecule has 0 aromatic carbocycles. The molecule has 0 aliphatic carbocycles. The Kier molecular flexibility index (Phi) is 7.95. The number of thiophene rings is 1. The highest BCUT2D eigenvalue weighted by atomic mass is 32.1. The minimum Gasteiger partial charge on any atom is -0.379 e. The van der Waals surface area contributed by atoms with Gasteiger partial charge >= 0.3 is 0 Å². The summed E-state index contributed by atoms with van der Waals surface area (Å²) in [6.45, 7) is 5.52. The molecule has 0 saturated carbocycles. The molecule has 1 saturated heterocycles. The number of pyridine rings is 1. The van der Waals surface area contributed by atoms with Crippen molar-refractivity contribution >= 4 is 23.2 Å². The second-order valence-corrected chi connectivity index (χ2v) is 7.59. The average Bonchev–Trinajstić information content (AvgIpc) is 3.27. The van der Waals surface area contributed by atoms with Gasteiger partial charge in [-0.3, -0.25) is 19.5 Å². The molecule has 1 N–H and O–H groups in total. The normalized spacial score (nSPS) is 14.6. The van der Waals surface area contributed by atoms with Crippen LogP contribution < -0.4 is 5.32 Å². The molecule has 0 atom stereocenters. The molecule has 1 aliphatic rings. The highest BCUT2D eigenvalue weighted by molar-refractivity contribution is 7.12. The minimum absolute atomic E-state index is 0.000624. The van der Waals surface area contributed by atoms with E-state index >= 15 is 0 Å². The maximum Gasteiger partial charge on any atom is 0.261 e. The third kappa shape index (κ3) is 6.40. The Labute approximate surface area is 169 Å². The van der Waals surface area contributed by atoms with Gasteiger partial charge in [-0.1, -0.05) is 6.07 Å². The van der Waals surface area contributed by atoms with Crippen molar-refractivity contribution in [3.8, 4) is 0 Å². The Morgan fingerprint density at radius 3 is 2.71 bits per heavy atom. The maximum absolute atomic E-state index is 12.8. The number of hydrogen-bond acceptors (Lipinski definition) is 6. The molecule has 2 aromatic rings. The Balaban J connectivity index is 1.53. The van der Waals surface area contributed by atoms with E-state index in [2.05, 4.69) is 15.2 Å². The van der Waals surface area contributed by atoms with Crippen LogP contribution in [-0.4, -0.2) is 72.5 Å². The lowest BCUT2D eigenvalue weighted by Crippen LogP contribution is -2.42. The van der Waals surface area contributed by atoms with Crippen molar-refractivity contribution in [2.24, 2.45) is 0 Å². The third-order valence-electron chi connectivity index (χ3n) is 4.63. The van der Waals surface area contributed by atoms with Crippen molar-refractivity contribution < 1.29 is 14.3 Å². The van der Waals surface area contributed by atoms with E-state index < -0.39 is 0 Å². The summed E-state index contributed by atoms with van der Waals surface area (Å²) in [5, 5.41) is 4.58. The first-order valence-corrected chi connectivity index (χ1v) is 10.4. The number of nitrogens with one attached hydrogen (secondary N) is 1. The number of hydrogen-bond donors (Lipinski definition) is 1. The Hall–Kier alpha value is -2.29. The summed E-state index contributed by atoms with van der Waals surface area (Å²) in [6.07, 6.45) is 4.34. The number of nitrogens with zero attached hydrogens (tertiary/aromatic N) is 3. The zero-order chi connectivity index (χ0) is 19.6. The molecule has 150 valence electrons. The van der Waals surface area contributed by atoms with Crippen molar-refractivity contribution in [1.29, 1.82) is 0 Å². The summed E-state index contributed by atoms with van der Waals surface area (Å²) in [5.74, 6) is -0.288. The van der Waals surface area contributed by atoms with E-state index in [1.807, 2.05) is 28.5 Å². The van der Waals surface area contributed by atoms with E-state index in [1.54, 1.807) is 18.5 Å². The van der Waals surface area contributed by atoms with Crippen LogP contribution in [-0.2, 0) is 16.1 Å². The van der Waals surface area contributed by atoms with Gasteiger partial charge in [-0.15, -0.1) is 11.3 Å². The number of amides is 2. The van der Waals surface area contributed by atoms with E-state index in [0.29, 0.717) is 18.0 Å². The summed E-state index contributed by atoms with van der Waals surface area (Å²) >= 11 is 1.36. The molecule has 2 amide bonds. The fourth-order valence-corrected chi connectivity index (χ4v) is 3.71. The molecule has 1 fully saturated rings. The fourth-order valence-electron chi connectivity index (χ4n) is 3.07. The van der Waals surface area contributed by atoms with E-state index in [4.69, 9.17) is 4.74 Å². The van der Waals surface area contributed by atoms with Crippen molar-refractivity contribution in [2.45, 2.75) is 13.0 Å². The fraction of sp³-hybridized carbons (Fsp3) is 0.450. The summed E-state index contributed by atoms with van der Waals surface area (Å²) in [7, 11) is 0. The van der Waals surface area contributed by atoms with Crippen molar-refractivity contribution in [2.75, 3.05) is 45.9 Å². The number of carbonyl (C=O) groups excluding carboxylic acids is 2. The molecule has 28 heavy (non-hydrogen) atoms. The van der Waals surface area contributed by atoms with Gasteiger partial charge in [-0.25, -0.2) is 0 Å². The SMILES string of the molecule is O=C(NCC(=O)N(CCCN1CCOCC1)Cc1ccncc1)c1cccs1. The lowest BCUT2D eigenvalue weighted by atomic mass is 10.2. The van der Waals surface area contributed by atoms with Crippen LogP contribution in [0.2, 0.25) is 0 Å². The predicted molar refractivity (Wildman–Crippen MR) is 108 cm³/mol. The van der Waals surface area contributed by atoms with Gasteiger partial charge < -0.3 is 15.0 Å². The van der Waals surface area contributed by atoms with Gasteiger partial charge in [-0.05, 0) is 35.6 Å². The molecular formula is C20H26N4O3S. The van der Waals surface area contributed by atoms with Crippen LogP contribution in [0.5, 0.6) is 0 Å². The van der Waals surface area contributed by atoms with Crippen LogP contribution in [0.4, 0.5) is 0 Å². The molecule has 0 unspecified atom stereocenters. The lowest BCUT2D eigenvalue weighted by Gasteiger charge is -2.28. The van der Waals surface area contributed by atoms with Crippen LogP contribution in [0, 0.1) is 0 Å². The van der Waals surface area contributed by atoms with Crippen molar-refractivity contribution in [1.82, 2.24) is 20.1 Å². The molecule has 1 aliphatic heterocycles. The molecule has 0 radical (unpaired) electrons. The van der Waals surface area contributed by atoms with Crippen LogP contribution in [0.15, 0.2) is 42.0 Å². The zero-order valence-electron chi connectivity index (χ0n) is 15.9. The standard InChI is InChI=1S/C20H26N4O3S/c25-19(15-22-20(26)18-3-1-14-28-18)24(16-17-4-6-21-7-5-17)9-2-8-23-10-12-27-13-11-23/h1,3-7,14H,2,8-13,15-16H2,(H,22,26). The first kappa shape index (κ1) is 20.4. The van der Waals surface area contributed by atoms with Gasteiger partial charge in [0.05, 0.1) is 24.6 Å². The quantitative estimate of drug-likeness (QED) is 0.690. The van der Waals surface area contributed by atoms with Gasteiger partial charge in [-0.2, -0.15) is 0 Å². The number of morpholine rings is 1. The lowest BCUT2D eigenvalue weighted by molar-refractivity contribution is -0.130. The maximum atomic E-state index is 12.8. The highest BCUT2D eigenvalue weighted by Gasteiger charge is 2.17. The summed E-state index contributed by atoms with van der Waals surface area (Å²) in [4.78, 5) is 33.7. The molecule has 0 bridgehead atoms. The monoisotopic (exact) mass is 402 g/mol. The van der Waals surface area contributed by atoms with E-state index in [-0.39, 0.29) is 18.4 Å². The second kappa shape index (κ2) is 10.9. The summed E-state index contributed by atoms with van der Waals surface area (Å²) in [5.41, 5.74) is 1.03. The number of rotatable bonds is 9. The Bertz CT molecular complexity index is 733. The highest BCUT2D eigenvalue weighted by Crippen LogP contribution is 2.09. The van der Waals surface area contributed by atoms with Crippen LogP contribution in [0.3, 0.4) is 0 Å². The average molecular weight is 403 g/mol. The molecule has 0 spiro atoms. The van der Waals surface area contributed by atoms with Crippen LogP contribution in [0.25, 0.3) is 0 Å². The smallest absolute Gasteiger partial charge is 0.261 e. The number of carbonyl (C=O) groups is 2. The summed E-state index contributed by atoms with van der Waals surface area (Å²) in [6, 6.07) is 7.39. The van der Waals surface area contributed by atoms with Crippen molar-refractivity contribution in [3.05, 3.63) is 52.5 Å². The Morgan fingerprint density at radius 1 is 1.21 bits per heavy atom. The zero-order valence-corrected chi connectivity index (χ0v) is 16.7. The van der Waals surface area contributed by atoms with E-state index in [9.17, 15) is 9.59 Å². The molecule has 3 heterocycles. The molecule has 7 nitrogen and oxygen atoms in total. The second-order valence-electron chi connectivity index (χ2n) is 6.64. The summed E-state index contributed by atoms with van der Waals surface area (Å²) < 4.78 is 5.38. The van der Waals surface area contributed by atoms with Crippen LogP contribution >= 0.6 is 11.3 Å². The van der Waals surface area contributed by atoms with E-state index in [1.165, 1.54) is 11.3 Å². The largest absolute Gasteiger partial charge is 0.379 e. The Morgan fingerprint density at radius 2 is 2.00 bits per heavy atom. The number of ether oxygens (including phenoxy) is 1. The number of aromatic nitrogens is 1. The van der Waals surface area contributed by atoms with Gasteiger partial charge in [0, 0.05) is 45.1 Å². The predicted octanol–water partition coefficient (Wildman–Crippen LogP) is 1.62. The first-order chi connectivity index (χ1) is 13.7. The van der Waals surface area contributed by atoms with Crippen LogP contribution in [0.1, 0.15) is 21.7 Å². The third-order valence-corrected chi connectivity index (χ3v) is 5.50. The van der Waals surface area contributed by atoms with Crippen molar-refractivity contribution in [3.63, 3.8) is 0 Å². The molecule has 3 rings (SSSR count). The minimum atomic E-state index is -0.208. The topological polar surface area (TPSA) is 74.8 Å². The molecule has 8 heteroatoms. The van der Waals surface area contributed by atoms with Gasteiger partial charge in [0.1, 0.15) is 0 Å². The van der Waals surface area contributed by atoms with Gasteiger partial charge in [0.2, 0.25) is 5.91 Å². The first-order valence-electron chi connectivity index (χ1n) is 9.51. The van der Waals surface area contributed by atoms with Gasteiger partial charge in [0.15, 0.2) is 0 Å². The molecule has 2 aromatic heterocycles. The van der Waals surface area contributed by atoms with Gasteiger partial charge in [0.25, 0.3) is 5.91 Å². The van der Waals surface area contributed by atoms with E-state index in [0.717, 1.165) is 44.8 Å². The molecular weight excluding hydrogens is 376 g/mol.